The van der Waals surface area contributed by atoms with E-state index < -0.39 is 0 Å². The summed E-state index contributed by atoms with van der Waals surface area (Å²) < 4.78 is 3.78. The number of carbonyl (C=O) groups is 2. The fraction of sp³-hybridized carbons (Fsp3) is 0.0385. The summed E-state index contributed by atoms with van der Waals surface area (Å²) in [6, 6.07) is 20.7. The van der Waals surface area contributed by atoms with Crippen LogP contribution in [-0.4, -0.2) is 25.9 Å². The largest absolute Gasteiger partial charge is 0.350 e. The first-order valence-electron chi connectivity index (χ1n) is 10.3. The van der Waals surface area contributed by atoms with Crippen LogP contribution >= 0.6 is 0 Å². The lowest BCUT2D eigenvalue weighted by atomic mass is 10.0. The van der Waals surface area contributed by atoms with Gasteiger partial charge in [-0.3, -0.25) is 14.6 Å². The molecule has 0 spiro atoms. The summed E-state index contributed by atoms with van der Waals surface area (Å²) in [6.07, 6.45) is 7.19. The number of benzene rings is 2. The van der Waals surface area contributed by atoms with Crippen molar-refractivity contribution in [1.82, 2.24) is 14.1 Å². The second-order valence-corrected chi connectivity index (χ2v) is 7.80. The first-order chi connectivity index (χ1) is 15.6. The van der Waals surface area contributed by atoms with Gasteiger partial charge in [0.15, 0.2) is 0 Å². The number of imide groups is 1. The Balaban J connectivity index is 1.68. The summed E-state index contributed by atoms with van der Waals surface area (Å²) >= 11 is 0. The number of carbonyl (C=O) groups excluding carboxylic acids is 2. The van der Waals surface area contributed by atoms with E-state index in [0.29, 0.717) is 17.0 Å². The van der Waals surface area contributed by atoms with Crippen molar-refractivity contribution in [2.45, 2.75) is 0 Å². The Morgan fingerprint density at radius 3 is 2.44 bits per heavy atom. The molecule has 4 heterocycles. The Morgan fingerprint density at radius 2 is 1.59 bits per heavy atom. The van der Waals surface area contributed by atoms with Gasteiger partial charge < -0.3 is 9.13 Å². The minimum atomic E-state index is -0.349. The highest BCUT2D eigenvalue weighted by Gasteiger charge is 2.42. The van der Waals surface area contributed by atoms with Gasteiger partial charge in [-0.25, -0.2) is 4.90 Å². The van der Waals surface area contributed by atoms with Crippen LogP contribution in [0.25, 0.3) is 33.1 Å². The molecule has 0 fully saturated rings. The van der Waals surface area contributed by atoms with Crippen LogP contribution in [0.2, 0.25) is 0 Å². The zero-order chi connectivity index (χ0) is 21.8. The summed E-state index contributed by atoms with van der Waals surface area (Å²) in [4.78, 5) is 33.1. The molecule has 0 bridgehead atoms. The number of rotatable bonds is 3. The predicted octanol–water partition coefficient (Wildman–Crippen LogP) is 4.47. The Kier molecular flexibility index (Phi) is 3.89. The molecule has 6 nitrogen and oxygen atoms in total. The number of para-hydroxylation sites is 2. The van der Waals surface area contributed by atoms with E-state index in [4.69, 9.17) is 0 Å². The number of anilines is 1. The van der Waals surface area contributed by atoms with Crippen LogP contribution in [0.15, 0.2) is 91.5 Å². The summed E-state index contributed by atoms with van der Waals surface area (Å²) in [5.41, 5.74) is 3.85. The Bertz CT molecular complexity index is 1570. The van der Waals surface area contributed by atoms with E-state index in [1.165, 1.54) is 4.90 Å². The SMILES string of the molecule is Cn1cc(C2=C(n3ccc4cnccc43)C(=O)N(c3ccccc3)C2=O)c2ccccc21. The van der Waals surface area contributed by atoms with Gasteiger partial charge in [0.1, 0.15) is 5.70 Å². The molecule has 2 aromatic carbocycles. The van der Waals surface area contributed by atoms with Crippen LogP contribution in [0.4, 0.5) is 5.69 Å². The molecule has 0 radical (unpaired) electrons. The third kappa shape index (κ3) is 2.50. The molecule has 2 amide bonds. The lowest BCUT2D eigenvalue weighted by Crippen LogP contribution is -2.31. The molecular weight excluding hydrogens is 400 g/mol. The number of aryl methyl sites for hydroxylation is 1. The highest BCUT2D eigenvalue weighted by atomic mass is 16.2. The number of amides is 2. The molecule has 0 saturated heterocycles. The van der Waals surface area contributed by atoms with E-state index in [1.54, 1.807) is 29.1 Å². The molecule has 0 saturated carbocycles. The first-order valence-corrected chi connectivity index (χ1v) is 10.3. The van der Waals surface area contributed by atoms with E-state index >= 15 is 0 Å². The van der Waals surface area contributed by atoms with Gasteiger partial charge in [0.2, 0.25) is 0 Å². The molecule has 154 valence electrons. The van der Waals surface area contributed by atoms with Crippen LogP contribution in [0.5, 0.6) is 0 Å². The number of hydrogen-bond acceptors (Lipinski definition) is 3. The van der Waals surface area contributed by atoms with E-state index in [1.807, 2.05) is 78.6 Å². The van der Waals surface area contributed by atoms with Crippen LogP contribution in [0.3, 0.4) is 0 Å². The maximum absolute atomic E-state index is 13.8. The molecular formula is C26H18N4O2. The summed E-state index contributed by atoms with van der Waals surface area (Å²) in [5.74, 6) is -0.679. The fourth-order valence-corrected chi connectivity index (χ4v) is 4.51. The standard InChI is InChI=1S/C26H18N4O2/c1-28-16-20(19-9-5-6-10-22(19)28)23-24(29-14-12-17-15-27-13-11-21(17)29)26(32)30(25(23)31)18-7-3-2-4-8-18/h2-16H,1H3. The summed E-state index contributed by atoms with van der Waals surface area (Å²) in [5, 5.41) is 1.83. The Labute approximate surface area is 183 Å². The summed E-state index contributed by atoms with van der Waals surface area (Å²) in [6.45, 7) is 0. The van der Waals surface area contributed by atoms with Crippen molar-refractivity contribution in [3.05, 3.63) is 97.1 Å². The smallest absolute Gasteiger partial charge is 0.283 e. The number of pyridine rings is 1. The van der Waals surface area contributed by atoms with E-state index in [0.717, 1.165) is 27.4 Å². The highest BCUT2D eigenvalue weighted by molar-refractivity contribution is 6.55. The Morgan fingerprint density at radius 1 is 0.812 bits per heavy atom. The molecule has 0 unspecified atom stereocenters. The van der Waals surface area contributed by atoms with Crippen molar-refractivity contribution in [3.63, 3.8) is 0 Å². The van der Waals surface area contributed by atoms with E-state index in [9.17, 15) is 9.59 Å². The average Bonchev–Trinajstić information content (AvgIpc) is 3.46. The molecule has 1 aliphatic rings. The number of aromatic nitrogens is 3. The third-order valence-corrected chi connectivity index (χ3v) is 5.97. The van der Waals surface area contributed by atoms with E-state index in [2.05, 4.69) is 4.98 Å². The quantitative estimate of drug-likeness (QED) is 0.406. The van der Waals surface area contributed by atoms with Gasteiger partial charge in [-0.1, -0.05) is 36.4 Å². The molecule has 6 heteroatoms. The predicted molar refractivity (Wildman–Crippen MR) is 125 cm³/mol. The van der Waals surface area contributed by atoms with Crippen molar-refractivity contribution in [1.29, 1.82) is 0 Å². The maximum Gasteiger partial charge on any atom is 0.283 e. The van der Waals surface area contributed by atoms with Crippen LogP contribution in [0, 0.1) is 0 Å². The van der Waals surface area contributed by atoms with Crippen LogP contribution in [0.1, 0.15) is 5.56 Å². The molecule has 32 heavy (non-hydrogen) atoms. The van der Waals surface area contributed by atoms with Crippen molar-refractivity contribution in [2.24, 2.45) is 7.05 Å². The minimum Gasteiger partial charge on any atom is -0.350 e. The van der Waals surface area contributed by atoms with Crippen molar-refractivity contribution in [2.75, 3.05) is 4.90 Å². The van der Waals surface area contributed by atoms with Crippen LogP contribution < -0.4 is 4.90 Å². The second-order valence-electron chi connectivity index (χ2n) is 7.80. The van der Waals surface area contributed by atoms with Gasteiger partial charge in [-0.15, -0.1) is 0 Å². The van der Waals surface area contributed by atoms with Crippen molar-refractivity contribution in [3.8, 4) is 0 Å². The zero-order valence-corrected chi connectivity index (χ0v) is 17.3. The molecule has 1 aliphatic heterocycles. The number of hydrogen-bond donors (Lipinski definition) is 0. The summed E-state index contributed by atoms with van der Waals surface area (Å²) in [7, 11) is 1.94. The van der Waals surface area contributed by atoms with Gasteiger partial charge in [0.25, 0.3) is 11.8 Å². The number of fused-ring (bicyclic) bond motifs is 2. The first kappa shape index (κ1) is 18.3. The zero-order valence-electron chi connectivity index (χ0n) is 17.3. The lowest BCUT2D eigenvalue weighted by molar-refractivity contribution is -0.119. The van der Waals surface area contributed by atoms with Gasteiger partial charge in [-0.05, 0) is 30.3 Å². The van der Waals surface area contributed by atoms with Crippen LogP contribution in [-0.2, 0) is 16.6 Å². The molecule has 0 aliphatic carbocycles. The topological polar surface area (TPSA) is 60.1 Å². The lowest BCUT2D eigenvalue weighted by Gasteiger charge is -2.15. The third-order valence-electron chi connectivity index (χ3n) is 5.97. The molecule has 0 atom stereocenters. The highest BCUT2D eigenvalue weighted by Crippen LogP contribution is 2.39. The molecule has 0 N–H and O–H groups in total. The average molecular weight is 418 g/mol. The van der Waals surface area contributed by atoms with Crippen molar-refractivity contribution < 1.29 is 9.59 Å². The molecule has 5 aromatic rings. The van der Waals surface area contributed by atoms with Gasteiger partial charge in [0.05, 0.1) is 16.8 Å². The number of nitrogens with zero attached hydrogens (tertiary/aromatic N) is 4. The van der Waals surface area contributed by atoms with Gasteiger partial charge in [0, 0.05) is 53.7 Å². The van der Waals surface area contributed by atoms with Crippen molar-refractivity contribution >= 4 is 50.6 Å². The Hall–Kier alpha value is -4.45. The van der Waals surface area contributed by atoms with E-state index in [-0.39, 0.29) is 11.8 Å². The minimum absolute atomic E-state index is 0.330. The van der Waals surface area contributed by atoms with Gasteiger partial charge in [-0.2, -0.15) is 0 Å². The molecule has 3 aromatic heterocycles. The normalized spacial score (nSPS) is 14.3. The maximum atomic E-state index is 13.8. The monoisotopic (exact) mass is 418 g/mol. The second kappa shape index (κ2) is 6.78. The molecule has 6 rings (SSSR count). The fourth-order valence-electron chi connectivity index (χ4n) is 4.51. The van der Waals surface area contributed by atoms with Gasteiger partial charge >= 0.3 is 0 Å².